The summed E-state index contributed by atoms with van der Waals surface area (Å²) in [6, 6.07) is 13.0. The van der Waals surface area contributed by atoms with E-state index in [0.717, 1.165) is 0 Å². The SMILES string of the molecule is COc1ccc(S(=O)(=O)Cc2nc3ccccc3[nH]c2=O)cc1. The fourth-order valence-electron chi connectivity index (χ4n) is 2.21. The summed E-state index contributed by atoms with van der Waals surface area (Å²) in [6.45, 7) is 0. The van der Waals surface area contributed by atoms with Crippen molar-refractivity contribution in [3.63, 3.8) is 0 Å². The highest BCUT2D eigenvalue weighted by Crippen LogP contribution is 2.19. The van der Waals surface area contributed by atoms with Crippen LogP contribution in [0, 0.1) is 0 Å². The molecule has 0 aliphatic heterocycles. The molecule has 118 valence electrons. The lowest BCUT2D eigenvalue weighted by atomic mass is 10.3. The number of para-hydroxylation sites is 2. The Morgan fingerprint density at radius 1 is 1.09 bits per heavy atom. The summed E-state index contributed by atoms with van der Waals surface area (Å²) in [5.41, 5.74) is 0.593. The zero-order chi connectivity index (χ0) is 16.4. The van der Waals surface area contributed by atoms with E-state index in [-0.39, 0.29) is 10.6 Å². The number of nitrogens with zero attached hydrogens (tertiary/aromatic N) is 1. The number of methoxy groups -OCH3 is 1. The van der Waals surface area contributed by atoms with Crippen LogP contribution in [0.25, 0.3) is 11.0 Å². The Bertz CT molecular complexity index is 1010. The van der Waals surface area contributed by atoms with Crippen molar-refractivity contribution < 1.29 is 13.2 Å². The average Bonchev–Trinajstić information content (AvgIpc) is 2.55. The predicted molar refractivity (Wildman–Crippen MR) is 86.2 cm³/mol. The molecule has 3 aromatic rings. The second-order valence-electron chi connectivity index (χ2n) is 4.96. The van der Waals surface area contributed by atoms with Crippen LogP contribution in [0.4, 0.5) is 0 Å². The van der Waals surface area contributed by atoms with Crippen molar-refractivity contribution in [2.45, 2.75) is 10.6 Å². The molecule has 0 bridgehead atoms. The Hall–Kier alpha value is -2.67. The number of H-pyrrole nitrogens is 1. The molecule has 23 heavy (non-hydrogen) atoms. The quantitative estimate of drug-likeness (QED) is 0.789. The minimum atomic E-state index is -3.67. The highest BCUT2D eigenvalue weighted by Gasteiger charge is 2.19. The Labute approximate surface area is 132 Å². The first kappa shape index (κ1) is 15.2. The maximum atomic E-state index is 12.5. The average molecular weight is 330 g/mol. The monoisotopic (exact) mass is 330 g/mol. The molecule has 3 rings (SSSR count). The molecule has 0 unspecified atom stereocenters. The number of aromatic amines is 1. The third kappa shape index (κ3) is 3.09. The number of hydrogen-bond donors (Lipinski definition) is 1. The van der Waals surface area contributed by atoms with Gasteiger partial charge in [-0.15, -0.1) is 0 Å². The van der Waals surface area contributed by atoms with Crippen LogP contribution in [-0.4, -0.2) is 25.5 Å². The minimum absolute atomic E-state index is 0.0282. The zero-order valence-electron chi connectivity index (χ0n) is 12.3. The second kappa shape index (κ2) is 5.85. The molecule has 0 fully saturated rings. The highest BCUT2D eigenvalue weighted by molar-refractivity contribution is 7.90. The van der Waals surface area contributed by atoms with Gasteiger partial charge in [0, 0.05) is 0 Å². The number of fused-ring (bicyclic) bond motifs is 1. The lowest BCUT2D eigenvalue weighted by molar-refractivity contribution is 0.414. The number of aromatic nitrogens is 2. The van der Waals surface area contributed by atoms with Crippen molar-refractivity contribution in [1.29, 1.82) is 0 Å². The molecule has 7 heteroatoms. The Morgan fingerprint density at radius 3 is 2.48 bits per heavy atom. The number of hydrogen-bond acceptors (Lipinski definition) is 5. The largest absolute Gasteiger partial charge is 0.497 e. The molecular weight excluding hydrogens is 316 g/mol. The van der Waals surface area contributed by atoms with Crippen molar-refractivity contribution in [2.24, 2.45) is 0 Å². The number of ether oxygens (including phenoxy) is 1. The van der Waals surface area contributed by atoms with E-state index in [9.17, 15) is 13.2 Å². The summed E-state index contributed by atoms with van der Waals surface area (Å²) in [4.78, 5) is 19.0. The standard InChI is InChI=1S/C16H14N2O4S/c1-22-11-6-8-12(9-7-11)23(20,21)10-15-16(19)18-14-5-3-2-4-13(14)17-15/h2-9H,10H2,1H3,(H,18,19). The first-order valence-electron chi connectivity index (χ1n) is 6.84. The summed E-state index contributed by atoms with van der Waals surface area (Å²) in [5, 5.41) is 0. The molecule has 1 heterocycles. The van der Waals surface area contributed by atoms with Crippen LogP contribution >= 0.6 is 0 Å². The van der Waals surface area contributed by atoms with E-state index in [2.05, 4.69) is 9.97 Å². The molecule has 0 radical (unpaired) electrons. The van der Waals surface area contributed by atoms with Crippen molar-refractivity contribution in [3.8, 4) is 5.75 Å². The number of rotatable bonds is 4. The number of nitrogens with one attached hydrogen (secondary N) is 1. The van der Waals surface area contributed by atoms with Crippen LogP contribution in [0.5, 0.6) is 5.75 Å². The molecule has 0 spiro atoms. The fraction of sp³-hybridized carbons (Fsp3) is 0.125. The maximum Gasteiger partial charge on any atom is 0.271 e. The second-order valence-corrected chi connectivity index (χ2v) is 6.95. The van der Waals surface area contributed by atoms with Gasteiger partial charge in [-0.25, -0.2) is 13.4 Å². The fourth-order valence-corrected chi connectivity index (χ4v) is 3.48. The molecule has 6 nitrogen and oxygen atoms in total. The third-order valence-corrected chi connectivity index (χ3v) is 5.06. The van der Waals surface area contributed by atoms with Gasteiger partial charge in [0.2, 0.25) is 0 Å². The van der Waals surface area contributed by atoms with Gasteiger partial charge in [-0.1, -0.05) is 12.1 Å². The highest BCUT2D eigenvalue weighted by atomic mass is 32.2. The molecule has 0 amide bonds. The Balaban J connectivity index is 1.99. The lowest BCUT2D eigenvalue weighted by Gasteiger charge is -2.06. The molecule has 1 aromatic heterocycles. The van der Waals surface area contributed by atoms with Gasteiger partial charge < -0.3 is 9.72 Å². The number of benzene rings is 2. The topological polar surface area (TPSA) is 89.1 Å². The smallest absolute Gasteiger partial charge is 0.271 e. The summed E-state index contributed by atoms with van der Waals surface area (Å²) in [6.07, 6.45) is 0. The summed E-state index contributed by atoms with van der Waals surface area (Å²) >= 11 is 0. The molecule has 0 saturated carbocycles. The van der Waals surface area contributed by atoms with Crippen molar-refractivity contribution >= 4 is 20.9 Å². The third-order valence-electron chi connectivity index (χ3n) is 3.42. The van der Waals surface area contributed by atoms with Crippen molar-refractivity contribution in [3.05, 3.63) is 64.6 Å². The Morgan fingerprint density at radius 2 is 1.78 bits per heavy atom. The van der Waals surface area contributed by atoms with Gasteiger partial charge >= 0.3 is 0 Å². The van der Waals surface area contributed by atoms with Crippen LogP contribution in [-0.2, 0) is 15.6 Å². The molecule has 0 atom stereocenters. The van der Waals surface area contributed by atoms with Crippen LogP contribution in [0.2, 0.25) is 0 Å². The summed E-state index contributed by atoms with van der Waals surface area (Å²) < 4.78 is 29.9. The van der Waals surface area contributed by atoms with Gasteiger partial charge in [-0.3, -0.25) is 4.79 Å². The van der Waals surface area contributed by atoms with E-state index in [0.29, 0.717) is 16.8 Å². The molecule has 0 aliphatic rings. The van der Waals surface area contributed by atoms with Gasteiger partial charge in [-0.05, 0) is 36.4 Å². The van der Waals surface area contributed by atoms with Crippen LogP contribution < -0.4 is 10.3 Å². The van der Waals surface area contributed by atoms with E-state index in [4.69, 9.17) is 4.74 Å². The molecule has 0 saturated heterocycles. The van der Waals surface area contributed by atoms with E-state index in [1.54, 1.807) is 36.4 Å². The number of sulfone groups is 1. The first-order valence-corrected chi connectivity index (χ1v) is 8.49. The van der Waals surface area contributed by atoms with Gasteiger partial charge in [0.05, 0.1) is 23.0 Å². The van der Waals surface area contributed by atoms with E-state index < -0.39 is 21.1 Å². The van der Waals surface area contributed by atoms with Gasteiger partial charge in [0.15, 0.2) is 9.84 Å². The summed E-state index contributed by atoms with van der Waals surface area (Å²) in [7, 11) is -2.17. The minimum Gasteiger partial charge on any atom is -0.497 e. The molecular formula is C16H14N2O4S. The van der Waals surface area contributed by atoms with Crippen LogP contribution in [0.15, 0.2) is 58.2 Å². The van der Waals surface area contributed by atoms with E-state index in [1.165, 1.54) is 19.2 Å². The predicted octanol–water partition coefficient (Wildman–Crippen LogP) is 1.91. The van der Waals surface area contributed by atoms with Crippen molar-refractivity contribution in [1.82, 2.24) is 9.97 Å². The first-order chi connectivity index (χ1) is 11.0. The van der Waals surface area contributed by atoms with E-state index >= 15 is 0 Å². The normalized spacial score (nSPS) is 11.5. The van der Waals surface area contributed by atoms with Gasteiger partial charge in [0.1, 0.15) is 17.2 Å². The van der Waals surface area contributed by atoms with Crippen molar-refractivity contribution in [2.75, 3.05) is 7.11 Å². The zero-order valence-corrected chi connectivity index (χ0v) is 13.1. The molecule has 2 aromatic carbocycles. The van der Waals surface area contributed by atoms with Crippen LogP contribution in [0.1, 0.15) is 5.69 Å². The van der Waals surface area contributed by atoms with Gasteiger partial charge in [-0.2, -0.15) is 0 Å². The maximum absolute atomic E-state index is 12.5. The summed E-state index contributed by atoms with van der Waals surface area (Å²) in [5.74, 6) is 0.102. The molecule has 0 aliphatic carbocycles. The van der Waals surface area contributed by atoms with Gasteiger partial charge in [0.25, 0.3) is 5.56 Å². The Kier molecular flexibility index (Phi) is 3.87. The molecule has 1 N–H and O–H groups in total. The van der Waals surface area contributed by atoms with E-state index in [1.807, 2.05) is 0 Å². The lowest BCUT2D eigenvalue weighted by Crippen LogP contribution is -2.19. The van der Waals surface area contributed by atoms with Crippen LogP contribution in [0.3, 0.4) is 0 Å².